The first-order valence-corrected chi connectivity index (χ1v) is 7.12. The number of aromatic amines is 1. The zero-order valence-corrected chi connectivity index (χ0v) is 11.4. The number of pyridine rings is 1. The number of thioether (sulfide) groups is 1. The Balaban J connectivity index is 1.51. The number of aromatic nitrogens is 3. The normalized spacial score (nSPS) is 10.8. The lowest BCUT2D eigenvalue weighted by Crippen LogP contribution is -2.00. The molecule has 3 rings (SSSR count). The van der Waals surface area contributed by atoms with E-state index in [2.05, 4.69) is 15.0 Å². The summed E-state index contributed by atoms with van der Waals surface area (Å²) in [6.07, 6.45) is 1.72. The molecule has 2 heterocycles. The summed E-state index contributed by atoms with van der Waals surface area (Å²) in [6, 6.07) is 9.80. The molecule has 0 spiro atoms. The lowest BCUT2D eigenvalue weighted by atomic mass is 10.3. The van der Waals surface area contributed by atoms with E-state index in [1.165, 1.54) is 12.1 Å². The van der Waals surface area contributed by atoms with Crippen molar-refractivity contribution in [3.8, 4) is 5.75 Å². The molecule has 0 saturated heterocycles. The molecule has 0 atom stereocenters. The van der Waals surface area contributed by atoms with E-state index in [1.807, 2.05) is 12.1 Å². The Bertz CT molecular complexity index is 666. The van der Waals surface area contributed by atoms with Crippen molar-refractivity contribution in [2.24, 2.45) is 0 Å². The molecule has 3 aromatic rings. The number of fused-ring (bicyclic) bond motifs is 1. The first kappa shape index (κ1) is 12.9. The van der Waals surface area contributed by atoms with Gasteiger partial charge in [0.25, 0.3) is 0 Å². The summed E-state index contributed by atoms with van der Waals surface area (Å²) < 4.78 is 18.2. The average Bonchev–Trinajstić information content (AvgIpc) is 2.88. The highest BCUT2D eigenvalue weighted by Gasteiger charge is 2.03. The maximum absolute atomic E-state index is 12.7. The van der Waals surface area contributed by atoms with Crippen LogP contribution in [0.4, 0.5) is 4.39 Å². The van der Waals surface area contributed by atoms with Crippen LogP contribution < -0.4 is 4.74 Å². The maximum atomic E-state index is 12.7. The fourth-order valence-corrected chi connectivity index (χ4v) is 2.41. The van der Waals surface area contributed by atoms with E-state index in [-0.39, 0.29) is 5.82 Å². The fraction of sp³-hybridized carbons (Fsp3) is 0.143. The van der Waals surface area contributed by atoms with Gasteiger partial charge in [0.05, 0.1) is 12.1 Å². The molecule has 2 aromatic heterocycles. The van der Waals surface area contributed by atoms with Crippen LogP contribution >= 0.6 is 11.8 Å². The highest BCUT2D eigenvalue weighted by molar-refractivity contribution is 7.99. The minimum Gasteiger partial charge on any atom is -0.493 e. The van der Waals surface area contributed by atoms with Crippen molar-refractivity contribution in [2.75, 3.05) is 12.4 Å². The van der Waals surface area contributed by atoms with E-state index in [4.69, 9.17) is 4.74 Å². The smallest absolute Gasteiger partial charge is 0.178 e. The molecule has 6 heteroatoms. The maximum Gasteiger partial charge on any atom is 0.178 e. The number of hydrogen-bond donors (Lipinski definition) is 1. The van der Waals surface area contributed by atoms with Crippen LogP contribution in [0.5, 0.6) is 5.75 Å². The van der Waals surface area contributed by atoms with Gasteiger partial charge in [-0.3, -0.25) is 0 Å². The number of H-pyrrole nitrogens is 1. The minimum absolute atomic E-state index is 0.262. The Labute approximate surface area is 119 Å². The number of halogens is 1. The van der Waals surface area contributed by atoms with Crippen LogP contribution in [0.2, 0.25) is 0 Å². The Morgan fingerprint density at radius 3 is 2.85 bits per heavy atom. The average molecular weight is 289 g/mol. The van der Waals surface area contributed by atoms with Gasteiger partial charge in [0.1, 0.15) is 11.6 Å². The Hall–Kier alpha value is -2.08. The van der Waals surface area contributed by atoms with Gasteiger partial charge in [-0.2, -0.15) is 0 Å². The molecule has 0 aliphatic rings. The fourth-order valence-electron chi connectivity index (χ4n) is 1.72. The van der Waals surface area contributed by atoms with Crippen LogP contribution in [-0.4, -0.2) is 27.3 Å². The standard InChI is InChI=1S/C14H12FN3OS/c15-10-3-5-11(6-4-10)19-8-9-20-14-17-12-2-1-7-16-13(12)18-14/h1-7H,8-9H2,(H,16,17,18). The van der Waals surface area contributed by atoms with Gasteiger partial charge in [-0.1, -0.05) is 11.8 Å². The van der Waals surface area contributed by atoms with Crippen LogP contribution in [0.3, 0.4) is 0 Å². The van der Waals surface area contributed by atoms with Crippen molar-refractivity contribution in [1.29, 1.82) is 0 Å². The predicted octanol–water partition coefficient (Wildman–Crippen LogP) is 3.27. The van der Waals surface area contributed by atoms with Crippen molar-refractivity contribution in [2.45, 2.75) is 5.16 Å². The number of nitrogens with zero attached hydrogens (tertiary/aromatic N) is 2. The molecule has 0 aliphatic heterocycles. The molecule has 1 aromatic carbocycles. The first-order valence-electron chi connectivity index (χ1n) is 6.13. The molecule has 1 N–H and O–H groups in total. The van der Waals surface area contributed by atoms with Crippen molar-refractivity contribution >= 4 is 22.9 Å². The predicted molar refractivity (Wildman–Crippen MR) is 76.5 cm³/mol. The largest absolute Gasteiger partial charge is 0.493 e. The van der Waals surface area contributed by atoms with Gasteiger partial charge < -0.3 is 9.72 Å². The van der Waals surface area contributed by atoms with E-state index in [1.54, 1.807) is 30.1 Å². The second-order valence-electron chi connectivity index (χ2n) is 4.07. The Morgan fingerprint density at radius 2 is 2.05 bits per heavy atom. The third-order valence-electron chi connectivity index (χ3n) is 2.64. The van der Waals surface area contributed by atoms with Crippen LogP contribution in [0.1, 0.15) is 0 Å². The third-order valence-corrected chi connectivity index (χ3v) is 3.48. The lowest BCUT2D eigenvalue weighted by Gasteiger charge is -2.04. The van der Waals surface area contributed by atoms with E-state index < -0.39 is 0 Å². The van der Waals surface area contributed by atoms with Gasteiger partial charge in [0.2, 0.25) is 0 Å². The number of hydrogen-bond acceptors (Lipinski definition) is 4. The Morgan fingerprint density at radius 1 is 1.20 bits per heavy atom. The monoisotopic (exact) mass is 289 g/mol. The molecule has 0 saturated carbocycles. The van der Waals surface area contributed by atoms with Crippen LogP contribution in [0.15, 0.2) is 47.8 Å². The molecule has 0 radical (unpaired) electrons. The van der Waals surface area contributed by atoms with Gasteiger partial charge in [0, 0.05) is 11.9 Å². The number of ether oxygens (including phenoxy) is 1. The lowest BCUT2D eigenvalue weighted by molar-refractivity contribution is 0.343. The van der Waals surface area contributed by atoms with E-state index in [0.717, 1.165) is 22.1 Å². The zero-order valence-electron chi connectivity index (χ0n) is 10.5. The summed E-state index contributed by atoms with van der Waals surface area (Å²) in [7, 11) is 0. The second-order valence-corrected chi connectivity index (χ2v) is 5.15. The van der Waals surface area contributed by atoms with E-state index in [9.17, 15) is 4.39 Å². The third kappa shape index (κ3) is 3.08. The molecular weight excluding hydrogens is 277 g/mol. The van der Waals surface area contributed by atoms with Crippen molar-refractivity contribution in [1.82, 2.24) is 15.0 Å². The van der Waals surface area contributed by atoms with Crippen LogP contribution in [-0.2, 0) is 0 Å². The summed E-state index contributed by atoms with van der Waals surface area (Å²) in [6.45, 7) is 0.529. The van der Waals surface area contributed by atoms with Gasteiger partial charge in [0.15, 0.2) is 10.8 Å². The number of rotatable bonds is 5. The molecule has 4 nitrogen and oxygen atoms in total. The van der Waals surface area contributed by atoms with Gasteiger partial charge in [-0.15, -0.1) is 0 Å². The molecule has 102 valence electrons. The molecule has 0 unspecified atom stereocenters. The van der Waals surface area contributed by atoms with Crippen molar-refractivity contribution < 1.29 is 9.13 Å². The first-order chi connectivity index (χ1) is 9.81. The molecule has 0 amide bonds. The number of nitrogens with one attached hydrogen (secondary N) is 1. The number of benzene rings is 1. The second kappa shape index (κ2) is 5.92. The van der Waals surface area contributed by atoms with Crippen molar-refractivity contribution in [3.63, 3.8) is 0 Å². The summed E-state index contributed by atoms with van der Waals surface area (Å²) in [5.74, 6) is 1.15. The quantitative estimate of drug-likeness (QED) is 0.578. The molecule has 0 fully saturated rings. The topological polar surface area (TPSA) is 50.8 Å². The summed E-state index contributed by atoms with van der Waals surface area (Å²) in [5.41, 5.74) is 1.64. The SMILES string of the molecule is Fc1ccc(OCCSc2nc3ncccc3[nH]2)cc1. The van der Waals surface area contributed by atoms with Gasteiger partial charge in [-0.05, 0) is 36.4 Å². The summed E-state index contributed by atoms with van der Waals surface area (Å²) in [5, 5.41) is 0.821. The Kier molecular flexibility index (Phi) is 3.83. The highest BCUT2D eigenvalue weighted by Crippen LogP contribution is 2.18. The van der Waals surface area contributed by atoms with Crippen LogP contribution in [0, 0.1) is 5.82 Å². The molecular formula is C14H12FN3OS. The minimum atomic E-state index is -0.262. The molecule has 0 bridgehead atoms. The summed E-state index contributed by atoms with van der Waals surface area (Å²) in [4.78, 5) is 11.7. The van der Waals surface area contributed by atoms with Crippen LogP contribution in [0.25, 0.3) is 11.2 Å². The summed E-state index contributed by atoms with van der Waals surface area (Å²) >= 11 is 1.56. The van der Waals surface area contributed by atoms with Gasteiger partial charge >= 0.3 is 0 Å². The number of imidazole rings is 1. The van der Waals surface area contributed by atoms with Crippen molar-refractivity contribution in [3.05, 3.63) is 48.4 Å². The highest BCUT2D eigenvalue weighted by atomic mass is 32.2. The zero-order chi connectivity index (χ0) is 13.8. The molecule has 0 aliphatic carbocycles. The molecule has 20 heavy (non-hydrogen) atoms. The van der Waals surface area contributed by atoms with Gasteiger partial charge in [-0.25, -0.2) is 14.4 Å². The van der Waals surface area contributed by atoms with E-state index >= 15 is 0 Å². The van der Waals surface area contributed by atoms with E-state index in [0.29, 0.717) is 12.4 Å².